The quantitative estimate of drug-likeness (QED) is 0.234. The van der Waals surface area contributed by atoms with Gasteiger partial charge in [0, 0.05) is 0 Å². The number of nitrogens with zero attached hydrogens (tertiary/aromatic N) is 3. The molecule has 19 heavy (non-hydrogen) atoms. The van der Waals surface area contributed by atoms with Gasteiger partial charge < -0.3 is 33.9 Å². The molecule has 2 aromatic rings. The van der Waals surface area contributed by atoms with Crippen LogP contribution in [-0.2, 0) is 7.05 Å². The van der Waals surface area contributed by atoms with Gasteiger partial charge in [0.2, 0.25) is 6.33 Å². The normalized spacial score (nSPS) is 10.4. The Balaban J connectivity index is 0.00000180. The number of aromatic nitrogens is 2. The largest absolute Gasteiger partial charge is 1.00 e. The smallest absolute Gasteiger partial charge is 0.249 e. The van der Waals surface area contributed by atoms with Crippen LogP contribution in [0.4, 0.5) is 0 Å². The van der Waals surface area contributed by atoms with Crippen LogP contribution in [0.25, 0.3) is 5.69 Å². The number of imidazole rings is 1. The van der Waals surface area contributed by atoms with Crippen molar-refractivity contribution in [2.45, 2.75) is 6.92 Å². The second-order valence-electron chi connectivity index (χ2n) is 3.86. The summed E-state index contributed by atoms with van der Waals surface area (Å²) in [5, 5.41) is 11.6. The van der Waals surface area contributed by atoms with Gasteiger partial charge in [-0.15, -0.1) is 0 Å². The van der Waals surface area contributed by atoms with Crippen LogP contribution in [0.1, 0.15) is 12.6 Å². The summed E-state index contributed by atoms with van der Waals surface area (Å²) in [5.74, 6) is 0.856. The fraction of sp³-hybridized carbons (Fsp3) is 0.231. The molecule has 0 atom stereocenters. The van der Waals surface area contributed by atoms with Crippen LogP contribution in [0.3, 0.4) is 0 Å². The van der Waals surface area contributed by atoms with Crippen molar-refractivity contribution in [3.8, 4) is 11.4 Å². The fourth-order valence-corrected chi connectivity index (χ4v) is 1.73. The summed E-state index contributed by atoms with van der Waals surface area (Å²) < 4.78 is 9.22. The Labute approximate surface area is 129 Å². The van der Waals surface area contributed by atoms with Crippen molar-refractivity contribution in [3.05, 3.63) is 42.5 Å². The van der Waals surface area contributed by atoms with Crippen LogP contribution in [0.15, 0.2) is 41.9 Å². The Hall–Kier alpha value is -1.57. The molecule has 0 spiro atoms. The third-order valence-electron chi connectivity index (χ3n) is 2.61. The molecule has 6 heteroatoms. The average molecular weight is 373 g/mol. The van der Waals surface area contributed by atoms with Gasteiger partial charge in [0.05, 0.1) is 13.7 Å². The minimum Gasteiger partial charge on any atom is -1.00 e. The summed E-state index contributed by atoms with van der Waals surface area (Å²) in [5.41, 5.74) is 1.83. The fourth-order valence-electron chi connectivity index (χ4n) is 1.73. The predicted molar refractivity (Wildman–Crippen MR) is 67.5 cm³/mol. The van der Waals surface area contributed by atoms with E-state index in [-0.39, 0.29) is 24.0 Å². The molecule has 0 radical (unpaired) electrons. The molecule has 1 aromatic carbocycles. The maximum atomic E-state index is 8.55. The lowest BCUT2D eigenvalue weighted by atomic mass is 10.3. The standard InChI is InChI=1S/C13H15N3O2.HI/c1-3-18-13-6-4-11(5-7-13)16-9-12(8-14-17)15(2)10-16;/h4-10H,3H2,1-2H3;1H/b14-8+;. The van der Waals surface area contributed by atoms with Crippen molar-refractivity contribution in [3.63, 3.8) is 0 Å². The van der Waals surface area contributed by atoms with Crippen LogP contribution in [0.5, 0.6) is 5.75 Å². The molecule has 0 saturated carbocycles. The zero-order chi connectivity index (χ0) is 13.0. The average Bonchev–Trinajstić information content (AvgIpc) is 2.73. The molecule has 1 N–H and O–H groups in total. The Morgan fingerprint density at radius 3 is 2.63 bits per heavy atom. The van der Waals surface area contributed by atoms with Crippen molar-refractivity contribution >= 4 is 6.21 Å². The van der Waals surface area contributed by atoms with Crippen molar-refractivity contribution < 1.29 is 38.5 Å². The summed E-state index contributed by atoms with van der Waals surface area (Å²) in [4.78, 5) is 0. The summed E-state index contributed by atoms with van der Waals surface area (Å²) in [6, 6.07) is 7.81. The van der Waals surface area contributed by atoms with Crippen LogP contribution in [0.2, 0.25) is 0 Å². The maximum absolute atomic E-state index is 8.55. The molecular weight excluding hydrogens is 357 g/mol. The summed E-state index contributed by atoms with van der Waals surface area (Å²) in [6.07, 6.45) is 5.19. The van der Waals surface area contributed by atoms with Gasteiger partial charge in [0.25, 0.3) is 0 Å². The number of rotatable bonds is 4. The number of benzene rings is 1. The van der Waals surface area contributed by atoms with E-state index in [2.05, 4.69) is 5.16 Å². The lowest BCUT2D eigenvalue weighted by molar-refractivity contribution is -0.595. The zero-order valence-electron chi connectivity index (χ0n) is 10.8. The van der Waals surface area contributed by atoms with Crippen LogP contribution in [-0.4, -0.2) is 22.6 Å². The van der Waals surface area contributed by atoms with E-state index in [9.17, 15) is 0 Å². The number of halogens is 1. The van der Waals surface area contributed by atoms with Gasteiger partial charge in [0.1, 0.15) is 23.8 Å². The Kier molecular flexibility index (Phi) is 5.81. The van der Waals surface area contributed by atoms with Gasteiger partial charge in [-0.25, -0.2) is 9.13 Å². The SMILES string of the molecule is CCOc1ccc(-[n+]2cc(/C=N/O)n(C)c2)cc1.[I-]. The molecule has 0 amide bonds. The number of hydrogen-bond donors (Lipinski definition) is 1. The predicted octanol–water partition coefficient (Wildman–Crippen LogP) is -1.49. The van der Waals surface area contributed by atoms with Crippen molar-refractivity contribution in [1.29, 1.82) is 0 Å². The lowest BCUT2D eigenvalue weighted by Gasteiger charge is -2.02. The van der Waals surface area contributed by atoms with E-state index in [1.807, 2.05) is 59.9 Å². The first-order chi connectivity index (χ1) is 8.74. The van der Waals surface area contributed by atoms with Gasteiger partial charge in [-0.1, -0.05) is 5.16 Å². The second kappa shape index (κ2) is 7.13. The molecule has 1 heterocycles. The first kappa shape index (κ1) is 15.5. The second-order valence-corrected chi connectivity index (χ2v) is 3.86. The van der Waals surface area contributed by atoms with Gasteiger partial charge in [-0.3, -0.25) is 0 Å². The zero-order valence-corrected chi connectivity index (χ0v) is 13.0. The van der Waals surface area contributed by atoms with E-state index in [0.717, 1.165) is 17.1 Å². The highest BCUT2D eigenvalue weighted by Gasteiger charge is 2.10. The molecule has 0 fully saturated rings. The maximum Gasteiger partial charge on any atom is 0.249 e. The Morgan fingerprint density at radius 2 is 2.05 bits per heavy atom. The Morgan fingerprint density at radius 1 is 1.37 bits per heavy atom. The van der Waals surface area contributed by atoms with Gasteiger partial charge in [-0.2, -0.15) is 0 Å². The first-order valence-electron chi connectivity index (χ1n) is 5.73. The van der Waals surface area contributed by atoms with Crippen LogP contribution >= 0.6 is 0 Å². The summed E-state index contributed by atoms with van der Waals surface area (Å²) in [6.45, 7) is 2.62. The number of hydrogen-bond acceptors (Lipinski definition) is 3. The first-order valence-corrected chi connectivity index (χ1v) is 5.73. The highest BCUT2D eigenvalue weighted by molar-refractivity contribution is 5.75. The van der Waals surface area contributed by atoms with E-state index in [0.29, 0.717) is 6.61 Å². The van der Waals surface area contributed by atoms with E-state index in [1.165, 1.54) is 6.21 Å². The molecule has 2 rings (SSSR count). The molecule has 102 valence electrons. The van der Waals surface area contributed by atoms with Gasteiger partial charge in [-0.05, 0) is 31.2 Å². The molecule has 0 aliphatic heterocycles. The molecule has 0 unspecified atom stereocenters. The monoisotopic (exact) mass is 373 g/mol. The minimum atomic E-state index is 0. The molecule has 5 nitrogen and oxygen atoms in total. The van der Waals surface area contributed by atoms with Crippen molar-refractivity contribution in [1.82, 2.24) is 4.57 Å². The molecule has 0 saturated heterocycles. The molecule has 0 aliphatic rings. The molecular formula is C13H16IN3O2. The van der Waals surface area contributed by atoms with E-state index < -0.39 is 0 Å². The topological polar surface area (TPSA) is 50.6 Å². The van der Waals surface area contributed by atoms with Crippen LogP contribution in [0, 0.1) is 0 Å². The third kappa shape index (κ3) is 3.69. The van der Waals surface area contributed by atoms with E-state index in [1.54, 1.807) is 0 Å². The highest BCUT2D eigenvalue weighted by Crippen LogP contribution is 2.12. The van der Waals surface area contributed by atoms with Gasteiger partial charge >= 0.3 is 0 Å². The molecule has 0 aliphatic carbocycles. The summed E-state index contributed by atoms with van der Waals surface area (Å²) in [7, 11) is 1.89. The van der Waals surface area contributed by atoms with Crippen molar-refractivity contribution in [2.24, 2.45) is 12.2 Å². The number of oxime groups is 1. The minimum absolute atomic E-state index is 0. The van der Waals surface area contributed by atoms with Crippen LogP contribution < -0.4 is 33.3 Å². The van der Waals surface area contributed by atoms with E-state index >= 15 is 0 Å². The molecule has 1 aromatic heterocycles. The van der Waals surface area contributed by atoms with E-state index in [4.69, 9.17) is 9.94 Å². The lowest BCUT2D eigenvalue weighted by Crippen LogP contribution is -3.00. The number of ether oxygens (including phenoxy) is 1. The van der Waals surface area contributed by atoms with Gasteiger partial charge in [0.15, 0.2) is 5.69 Å². The number of aryl methyl sites for hydroxylation is 1. The Bertz CT molecular complexity index is 550. The molecule has 0 bridgehead atoms. The third-order valence-corrected chi connectivity index (χ3v) is 2.61. The summed E-state index contributed by atoms with van der Waals surface area (Å²) >= 11 is 0. The van der Waals surface area contributed by atoms with Crippen molar-refractivity contribution in [2.75, 3.05) is 6.61 Å². The highest BCUT2D eigenvalue weighted by atomic mass is 127.